The fraction of sp³-hybridized carbons (Fsp3) is 0.130. The first-order chi connectivity index (χ1) is 14.1. The van der Waals surface area contributed by atoms with Crippen LogP contribution in [-0.4, -0.2) is 36.6 Å². The second kappa shape index (κ2) is 9.80. The zero-order valence-corrected chi connectivity index (χ0v) is 17.2. The van der Waals surface area contributed by atoms with Gasteiger partial charge in [-0.1, -0.05) is 42.5 Å². The molecule has 0 aliphatic carbocycles. The first-order valence-electron chi connectivity index (χ1n) is 9.18. The Morgan fingerprint density at radius 1 is 0.862 bits per heavy atom. The van der Waals surface area contributed by atoms with Crippen molar-refractivity contribution in [2.24, 2.45) is 0 Å². The number of rotatable bonds is 7. The van der Waals surface area contributed by atoms with Crippen molar-refractivity contribution in [3.05, 3.63) is 84.4 Å². The lowest BCUT2D eigenvalue weighted by atomic mass is 10.1. The van der Waals surface area contributed by atoms with Gasteiger partial charge in [0, 0.05) is 17.6 Å². The zero-order chi connectivity index (χ0) is 20.6. The average Bonchev–Trinajstić information content (AvgIpc) is 2.74. The van der Waals surface area contributed by atoms with Crippen molar-refractivity contribution in [2.45, 2.75) is 4.90 Å². The van der Waals surface area contributed by atoms with Crippen LogP contribution in [0.2, 0.25) is 0 Å². The Balaban J connectivity index is 1.69. The second-order valence-corrected chi connectivity index (χ2v) is 7.29. The maximum atomic E-state index is 13.0. The SMILES string of the molecule is CSc1ccccc1NC(=O)CN(C)C(=O)c1ccccc1Nc1ccccc1. The normalized spacial score (nSPS) is 10.3. The third-order valence-electron chi connectivity index (χ3n) is 4.32. The monoisotopic (exact) mass is 405 g/mol. The van der Waals surface area contributed by atoms with E-state index in [2.05, 4.69) is 10.6 Å². The van der Waals surface area contributed by atoms with Gasteiger partial charge in [-0.15, -0.1) is 11.8 Å². The van der Waals surface area contributed by atoms with Crippen molar-refractivity contribution in [3.63, 3.8) is 0 Å². The third kappa shape index (κ3) is 5.39. The molecule has 0 aliphatic rings. The summed E-state index contributed by atoms with van der Waals surface area (Å²) >= 11 is 1.56. The largest absolute Gasteiger partial charge is 0.355 e. The number of anilines is 3. The van der Waals surface area contributed by atoms with Crippen LogP contribution in [0.1, 0.15) is 10.4 Å². The molecule has 0 heterocycles. The summed E-state index contributed by atoms with van der Waals surface area (Å²) < 4.78 is 0. The standard InChI is InChI=1S/C23H23N3O2S/c1-26(16-22(27)25-20-14-8-9-15-21(20)29-2)23(28)18-12-6-7-13-19(18)24-17-10-4-3-5-11-17/h3-15,24H,16H2,1-2H3,(H,25,27). The predicted molar refractivity (Wildman–Crippen MR) is 120 cm³/mol. The summed E-state index contributed by atoms with van der Waals surface area (Å²) in [6.07, 6.45) is 1.96. The molecule has 3 aromatic carbocycles. The van der Waals surface area contributed by atoms with Crippen molar-refractivity contribution in [2.75, 3.05) is 30.5 Å². The Morgan fingerprint density at radius 2 is 1.48 bits per heavy atom. The van der Waals surface area contributed by atoms with Crippen LogP contribution >= 0.6 is 11.8 Å². The minimum atomic E-state index is -0.240. The topological polar surface area (TPSA) is 61.4 Å². The molecule has 2 amide bonds. The third-order valence-corrected chi connectivity index (χ3v) is 5.11. The van der Waals surface area contributed by atoms with Gasteiger partial charge >= 0.3 is 0 Å². The molecule has 148 valence electrons. The van der Waals surface area contributed by atoms with E-state index in [1.54, 1.807) is 24.9 Å². The van der Waals surface area contributed by atoms with E-state index in [-0.39, 0.29) is 18.4 Å². The summed E-state index contributed by atoms with van der Waals surface area (Å²) in [7, 11) is 1.63. The molecule has 0 saturated carbocycles. The lowest BCUT2D eigenvalue weighted by Crippen LogP contribution is -2.35. The number of carbonyl (C=O) groups excluding carboxylic acids is 2. The molecular formula is C23H23N3O2S. The van der Waals surface area contributed by atoms with Crippen LogP contribution in [0.5, 0.6) is 0 Å². The number of nitrogens with one attached hydrogen (secondary N) is 2. The van der Waals surface area contributed by atoms with E-state index in [4.69, 9.17) is 0 Å². The number of hydrogen-bond donors (Lipinski definition) is 2. The molecule has 0 bridgehead atoms. The highest BCUT2D eigenvalue weighted by Gasteiger charge is 2.18. The predicted octanol–water partition coefficient (Wildman–Crippen LogP) is 4.86. The molecule has 0 saturated heterocycles. The van der Waals surface area contributed by atoms with Crippen molar-refractivity contribution in [1.29, 1.82) is 0 Å². The highest BCUT2D eigenvalue weighted by Crippen LogP contribution is 2.25. The first kappa shape index (κ1) is 20.5. The summed E-state index contributed by atoms with van der Waals surface area (Å²) in [5.74, 6) is -0.465. The minimum Gasteiger partial charge on any atom is -0.355 e. The van der Waals surface area contributed by atoms with Crippen molar-refractivity contribution >= 4 is 40.6 Å². The van der Waals surface area contributed by atoms with E-state index in [1.165, 1.54) is 4.90 Å². The average molecular weight is 406 g/mol. The minimum absolute atomic E-state index is 0.0405. The number of amides is 2. The van der Waals surface area contributed by atoms with E-state index in [1.807, 2.05) is 79.1 Å². The van der Waals surface area contributed by atoms with Crippen LogP contribution in [0.15, 0.2) is 83.8 Å². The highest BCUT2D eigenvalue weighted by molar-refractivity contribution is 7.98. The Morgan fingerprint density at radius 3 is 2.21 bits per heavy atom. The first-order valence-corrected chi connectivity index (χ1v) is 10.4. The summed E-state index contributed by atoms with van der Waals surface area (Å²) in [5.41, 5.74) is 2.85. The maximum absolute atomic E-state index is 13.0. The molecule has 0 aliphatic heterocycles. The molecule has 0 unspecified atom stereocenters. The van der Waals surface area contributed by atoms with Crippen LogP contribution in [0.4, 0.5) is 17.1 Å². The van der Waals surface area contributed by atoms with Crippen LogP contribution in [0.25, 0.3) is 0 Å². The summed E-state index contributed by atoms with van der Waals surface area (Å²) in [6, 6.07) is 24.5. The fourth-order valence-corrected chi connectivity index (χ4v) is 3.44. The van der Waals surface area contributed by atoms with Crippen molar-refractivity contribution in [3.8, 4) is 0 Å². The molecule has 0 spiro atoms. The lowest BCUT2D eigenvalue weighted by molar-refractivity contribution is -0.116. The van der Waals surface area contributed by atoms with Gasteiger partial charge in [-0.2, -0.15) is 0 Å². The molecule has 29 heavy (non-hydrogen) atoms. The van der Waals surface area contributed by atoms with E-state index in [0.717, 1.165) is 16.3 Å². The van der Waals surface area contributed by atoms with Crippen LogP contribution in [0, 0.1) is 0 Å². The van der Waals surface area contributed by atoms with E-state index in [9.17, 15) is 9.59 Å². The number of benzene rings is 3. The summed E-state index contributed by atoms with van der Waals surface area (Å²) in [4.78, 5) is 27.8. The van der Waals surface area contributed by atoms with Crippen LogP contribution < -0.4 is 10.6 Å². The van der Waals surface area contributed by atoms with Gasteiger partial charge in [-0.3, -0.25) is 9.59 Å². The van der Waals surface area contributed by atoms with Gasteiger partial charge in [-0.05, 0) is 42.7 Å². The number of hydrogen-bond acceptors (Lipinski definition) is 4. The maximum Gasteiger partial charge on any atom is 0.256 e. The lowest BCUT2D eigenvalue weighted by Gasteiger charge is -2.19. The summed E-state index contributed by atoms with van der Waals surface area (Å²) in [5, 5.41) is 6.15. The number of carbonyl (C=O) groups is 2. The number of thioether (sulfide) groups is 1. The molecule has 2 N–H and O–H groups in total. The molecule has 0 fully saturated rings. The highest BCUT2D eigenvalue weighted by atomic mass is 32.2. The van der Waals surface area contributed by atoms with Gasteiger partial charge in [0.05, 0.1) is 23.5 Å². The molecule has 5 nitrogen and oxygen atoms in total. The Bertz CT molecular complexity index is 992. The molecule has 0 atom stereocenters. The van der Waals surface area contributed by atoms with E-state index < -0.39 is 0 Å². The molecule has 3 rings (SSSR count). The van der Waals surface area contributed by atoms with Gasteiger partial charge in [0.25, 0.3) is 5.91 Å². The number of nitrogens with zero attached hydrogens (tertiary/aromatic N) is 1. The zero-order valence-electron chi connectivity index (χ0n) is 16.4. The Labute approximate surface area is 175 Å². The van der Waals surface area contributed by atoms with Gasteiger partial charge < -0.3 is 15.5 Å². The summed E-state index contributed by atoms with van der Waals surface area (Å²) in [6.45, 7) is -0.0405. The fourth-order valence-electron chi connectivity index (χ4n) is 2.89. The second-order valence-electron chi connectivity index (χ2n) is 6.45. The molecule has 0 radical (unpaired) electrons. The van der Waals surface area contributed by atoms with E-state index in [0.29, 0.717) is 11.3 Å². The number of para-hydroxylation sites is 3. The van der Waals surface area contributed by atoms with Gasteiger partial charge in [0.2, 0.25) is 5.91 Å². The van der Waals surface area contributed by atoms with Gasteiger partial charge in [0.1, 0.15) is 0 Å². The van der Waals surface area contributed by atoms with Crippen LogP contribution in [0.3, 0.4) is 0 Å². The molecule has 0 aromatic heterocycles. The quantitative estimate of drug-likeness (QED) is 0.551. The molecular weight excluding hydrogens is 382 g/mol. The van der Waals surface area contributed by atoms with Gasteiger partial charge in [-0.25, -0.2) is 0 Å². The smallest absolute Gasteiger partial charge is 0.256 e. The Kier molecular flexibility index (Phi) is 6.92. The number of likely N-dealkylation sites (N-methyl/N-ethyl adjacent to an activating group) is 1. The van der Waals surface area contributed by atoms with Crippen molar-refractivity contribution in [1.82, 2.24) is 4.90 Å². The van der Waals surface area contributed by atoms with Crippen molar-refractivity contribution < 1.29 is 9.59 Å². The van der Waals surface area contributed by atoms with Gasteiger partial charge in [0.15, 0.2) is 0 Å². The van der Waals surface area contributed by atoms with E-state index >= 15 is 0 Å². The van der Waals surface area contributed by atoms with Crippen LogP contribution in [-0.2, 0) is 4.79 Å². The molecule has 3 aromatic rings. The molecule has 6 heteroatoms. The Hall–Kier alpha value is -3.25.